The summed E-state index contributed by atoms with van der Waals surface area (Å²) in [5.41, 5.74) is 6.80. The fourth-order valence-corrected chi connectivity index (χ4v) is 1.62. The molecule has 0 radical (unpaired) electrons. The molecule has 0 atom stereocenters. The van der Waals surface area contributed by atoms with Crippen LogP contribution in [0.5, 0.6) is 0 Å². The number of urea groups is 1. The SMILES string of the molecule is CCN(CC)C(N)=NC(=O)NCCc1cccnc1. The molecule has 19 heavy (non-hydrogen) atoms. The van der Waals surface area contributed by atoms with Gasteiger partial charge in [0.2, 0.25) is 5.96 Å². The smallest absolute Gasteiger partial charge is 0.344 e. The second-order valence-corrected chi connectivity index (χ2v) is 3.99. The molecule has 0 aliphatic heterocycles. The van der Waals surface area contributed by atoms with E-state index in [0.717, 1.165) is 25.1 Å². The summed E-state index contributed by atoms with van der Waals surface area (Å²) in [6.45, 7) is 5.90. The summed E-state index contributed by atoms with van der Waals surface area (Å²) in [6.07, 6.45) is 4.22. The number of nitrogens with two attached hydrogens (primary N) is 1. The Kier molecular flexibility index (Phi) is 6.35. The zero-order valence-corrected chi connectivity index (χ0v) is 11.5. The molecule has 0 aliphatic carbocycles. The van der Waals surface area contributed by atoms with Gasteiger partial charge in [-0.1, -0.05) is 6.07 Å². The van der Waals surface area contributed by atoms with Crippen LogP contribution in [0.1, 0.15) is 19.4 Å². The highest BCUT2D eigenvalue weighted by molar-refractivity contribution is 5.91. The number of pyridine rings is 1. The average Bonchev–Trinajstić information content (AvgIpc) is 2.41. The number of aromatic nitrogens is 1. The van der Waals surface area contributed by atoms with Crippen LogP contribution < -0.4 is 11.1 Å². The van der Waals surface area contributed by atoms with Crippen molar-refractivity contribution in [2.24, 2.45) is 10.7 Å². The van der Waals surface area contributed by atoms with Gasteiger partial charge in [-0.3, -0.25) is 4.98 Å². The maximum atomic E-state index is 11.6. The number of nitrogens with one attached hydrogen (secondary N) is 1. The van der Waals surface area contributed by atoms with Gasteiger partial charge in [-0.15, -0.1) is 0 Å². The highest BCUT2D eigenvalue weighted by Crippen LogP contribution is 1.95. The average molecular weight is 263 g/mol. The number of guanidine groups is 1. The second-order valence-electron chi connectivity index (χ2n) is 3.99. The molecule has 0 saturated carbocycles. The molecule has 0 aromatic carbocycles. The fourth-order valence-electron chi connectivity index (χ4n) is 1.62. The van der Waals surface area contributed by atoms with Gasteiger partial charge < -0.3 is 16.0 Å². The molecule has 2 amide bonds. The highest BCUT2D eigenvalue weighted by Gasteiger charge is 2.05. The summed E-state index contributed by atoms with van der Waals surface area (Å²) in [5.74, 6) is 0.254. The second kappa shape index (κ2) is 8.07. The molecule has 0 saturated heterocycles. The minimum Gasteiger partial charge on any atom is -0.369 e. The monoisotopic (exact) mass is 263 g/mol. The maximum absolute atomic E-state index is 11.6. The van der Waals surface area contributed by atoms with Gasteiger partial charge in [-0.25, -0.2) is 4.79 Å². The lowest BCUT2D eigenvalue weighted by Crippen LogP contribution is -2.38. The van der Waals surface area contributed by atoms with Crippen molar-refractivity contribution < 1.29 is 4.79 Å². The molecular weight excluding hydrogens is 242 g/mol. The van der Waals surface area contributed by atoms with Crippen LogP contribution in [0.25, 0.3) is 0 Å². The Morgan fingerprint density at radius 3 is 2.79 bits per heavy atom. The van der Waals surface area contributed by atoms with E-state index < -0.39 is 6.03 Å². The van der Waals surface area contributed by atoms with E-state index >= 15 is 0 Å². The van der Waals surface area contributed by atoms with Crippen LogP contribution in [0.15, 0.2) is 29.5 Å². The summed E-state index contributed by atoms with van der Waals surface area (Å²) >= 11 is 0. The largest absolute Gasteiger partial charge is 0.369 e. The van der Waals surface area contributed by atoms with E-state index in [1.54, 1.807) is 12.4 Å². The first-order valence-electron chi connectivity index (χ1n) is 6.43. The van der Waals surface area contributed by atoms with Gasteiger partial charge in [0.15, 0.2) is 0 Å². The topological polar surface area (TPSA) is 83.6 Å². The third-order valence-corrected chi connectivity index (χ3v) is 2.72. The molecule has 3 N–H and O–H groups in total. The Hall–Kier alpha value is -2.11. The van der Waals surface area contributed by atoms with E-state index in [2.05, 4.69) is 15.3 Å². The molecule has 0 unspecified atom stereocenters. The number of nitrogens with zero attached hydrogens (tertiary/aromatic N) is 3. The molecule has 1 rings (SSSR count). The van der Waals surface area contributed by atoms with E-state index in [0.29, 0.717) is 6.54 Å². The lowest BCUT2D eigenvalue weighted by Gasteiger charge is -2.18. The van der Waals surface area contributed by atoms with Crippen molar-refractivity contribution in [3.8, 4) is 0 Å². The number of aliphatic imine (C=N–C) groups is 1. The number of carbonyl (C=O) groups is 1. The predicted molar refractivity (Wildman–Crippen MR) is 75.9 cm³/mol. The Labute approximate surface area is 113 Å². The lowest BCUT2D eigenvalue weighted by atomic mass is 10.2. The van der Waals surface area contributed by atoms with Crippen molar-refractivity contribution in [3.05, 3.63) is 30.1 Å². The van der Waals surface area contributed by atoms with Gasteiger partial charge in [0.05, 0.1) is 0 Å². The van der Waals surface area contributed by atoms with Crippen molar-refractivity contribution in [1.82, 2.24) is 15.2 Å². The standard InChI is InChI=1S/C13H21N5O/c1-3-18(4-2)12(14)17-13(19)16-9-7-11-6-5-8-15-10-11/h5-6,8,10H,3-4,7,9H2,1-2H3,(H3,14,16,17,19). The van der Waals surface area contributed by atoms with Crippen LogP contribution >= 0.6 is 0 Å². The molecule has 0 spiro atoms. The van der Waals surface area contributed by atoms with Crippen LogP contribution in [0.3, 0.4) is 0 Å². The third kappa shape index (κ3) is 5.37. The summed E-state index contributed by atoms with van der Waals surface area (Å²) in [5, 5.41) is 2.70. The maximum Gasteiger partial charge on any atom is 0.344 e. The Balaban J connectivity index is 2.37. The van der Waals surface area contributed by atoms with Gasteiger partial charge in [-0.05, 0) is 31.9 Å². The predicted octanol–water partition coefficient (Wildman–Crippen LogP) is 0.990. The van der Waals surface area contributed by atoms with Gasteiger partial charge in [0.1, 0.15) is 0 Å². The van der Waals surface area contributed by atoms with E-state index in [4.69, 9.17) is 5.73 Å². The molecule has 1 aromatic heterocycles. The van der Waals surface area contributed by atoms with E-state index in [1.807, 2.05) is 30.9 Å². The molecule has 0 aliphatic rings. The number of amides is 2. The summed E-state index contributed by atoms with van der Waals surface area (Å²) in [4.78, 5) is 21.2. The van der Waals surface area contributed by atoms with Gasteiger partial charge >= 0.3 is 6.03 Å². The third-order valence-electron chi connectivity index (χ3n) is 2.72. The highest BCUT2D eigenvalue weighted by atomic mass is 16.2. The Morgan fingerprint density at radius 2 is 2.21 bits per heavy atom. The number of hydrogen-bond acceptors (Lipinski definition) is 2. The zero-order valence-electron chi connectivity index (χ0n) is 11.5. The van der Waals surface area contributed by atoms with Gasteiger partial charge in [-0.2, -0.15) is 4.99 Å². The quantitative estimate of drug-likeness (QED) is 0.613. The number of rotatable bonds is 5. The van der Waals surface area contributed by atoms with Crippen molar-refractivity contribution in [1.29, 1.82) is 0 Å². The number of carbonyl (C=O) groups excluding carboxylic acids is 1. The summed E-state index contributed by atoms with van der Waals surface area (Å²) in [6, 6.07) is 3.42. The van der Waals surface area contributed by atoms with Crippen LogP contribution in [0, 0.1) is 0 Å². The van der Waals surface area contributed by atoms with Crippen LogP contribution in [-0.4, -0.2) is 41.5 Å². The van der Waals surface area contributed by atoms with E-state index in [-0.39, 0.29) is 5.96 Å². The van der Waals surface area contributed by atoms with Gasteiger partial charge in [0.25, 0.3) is 0 Å². The molecule has 6 heteroatoms. The van der Waals surface area contributed by atoms with Crippen molar-refractivity contribution in [2.75, 3.05) is 19.6 Å². The molecule has 0 bridgehead atoms. The van der Waals surface area contributed by atoms with Crippen LogP contribution in [0.4, 0.5) is 4.79 Å². The first-order valence-corrected chi connectivity index (χ1v) is 6.43. The minimum absolute atomic E-state index is 0.254. The molecule has 0 fully saturated rings. The first-order chi connectivity index (χ1) is 9.17. The number of hydrogen-bond donors (Lipinski definition) is 2. The summed E-state index contributed by atoms with van der Waals surface area (Å²) < 4.78 is 0. The molecule has 104 valence electrons. The minimum atomic E-state index is -0.409. The van der Waals surface area contributed by atoms with Crippen molar-refractivity contribution in [3.63, 3.8) is 0 Å². The van der Waals surface area contributed by atoms with Crippen molar-refractivity contribution >= 4 is 12.0 Å². The van der Waals surface area contributed by atoms with Crippen LogP contribution in [0.2, 0.25) is 0 Å². The normalized spacial score (nSPS) is 11.2. The van der Waals surface area contributed by atoms with Gasteiger partial charge in [0, 0.05) is 32.0 Å². The molecule has 1 aromatic rings. The lowest BCUT2D eigenvalue weighted by molar-refractivity contribution is 0.249. The molecular formula is C13H21N5O. The fraction of sp³-hybridized carbons (Fsp3) is 0.462. The van der Waals surface area contributed by atoms with Crippen LogP contribution in [-0.2, 0) is 6.42 Å². The van der Waals surface area contributed by atoms with Crippen molar-refractivity contribution in [2.45, 2.75) is 20.3 Å². The van der Waals surface area contributed by atoms with E-state index in [9.17, 15) is 4.79 Å². The first kappa shape index (κ1) is 14.9. The van der Waals surface area contributed by atoms with E-state index in [1.165, 1.54) is 0 Å². The molecule has 6 nitrogen and oxygen atoms in total. The molecule has 1 heterocycles. The zero-order chi connectivity index (χ0) is 14.1. The summed E-state index contributed by atoms with van der Waals surface area (Å²) in [7, 11) is 0. The Bertz CT molecular complexity index is 414. The Morgan fingerprint density at radius 1 is 1.47 bits per heavy atom.